The molecular formula is C15H26N4O4. The Kier molecular flexibility index (Phi) is 4.68. The molecule has 2 rings (SSSR count). The van der Waals surface area contributed by atoms with E-state index in [2.05, 4.69) is 10.2 Å². The van der Waals surface area contributed by atoms with Gasteiger partial charge in [0.1, 0.15) is 12.1 Å². The Morgan fingerprint density at radius 1 is 1.22 bits per heavy atom. The highest BCUT2D eigenvalue weighted by atomic mass is 16.3. The molecule has 0 spiro atoms. The summed E-state index contributed by atoms with van der Waals surface area (Å²) >= 11 is 0. The molecule has 23 heavy (non-hydrogen) atoms. The van der Waals surface area contributed by atoms with Gasteiger partial charge in [-0.15, -0.1) is 0 Å². The smallest absolute Gasteiger partial charge is 0.325 e. The summed E-state index contributed by atoms with van der Waals surface area (Å²) in [6.07, 6.45) is 0. The lowest BCUT2D eigenvalue weighted by atomic mass is 10.1. The molecule has 2 saturated heterocycles. The number of amides is 4. The average molecular weight is 326 g/mol. The Hall–Kier alpha value is -1.67. The van der Waals surface area contributed by atoms with Gasteiger partial charge < -0.3 is 15.3 Å². The van der Waals surface area contributed by atoms with Gasteiger partial charge in [-0.25, -0.2) is 4.79 Å². The van der Waals surface area contributed by atoms with Crippen LogP contribution in [-0.2, 0) is 9.59 Å². The van der Waals surface area contributed by atoms with E-state index in [0.29, 0.717) is 32.7 Å². The number of aliphatic hydroxyl groups is 1. The van der Waals surface area contributed by atoms with Crippen LogP contribution in [0.25, 0.3) is 0 Å². The Morgan fingerprint density at radius 3 is 2.22 bits per heavy atom. The standard InChI is InChI=1S/C15H26N4O4/c1-14(2,23)10-17-5-7-18(8-6-17)11(20)9-19-12(21)15(3,4)16-13(19)22/h23H,5-10H2,1-4H3,(H,16,22). The summed E-state index contributed by atoms with van der Waals surface area (Å²) in [4.78, 5) is 41.0. The highest BCUT2D eigenvalue weighted by molar-refractivity contribution is 6.08. The van der Waals surface area contributed by atoms with E-state index in [-0.39, 0.29) is 18.4 Å². The topological polar surface area (TPSA) is 93.2 Å². The van der Waals surface area contributed by atoms with Crippen molar-refractivity contribution in [2.45, 2.75) is 38.8 Å². The van der Waals surface area contributed by atoms with Crippen molar-refractivity contribution in [3.8, 4) is 0 Å². The number of hydrogen-bond donors (Lipinski definition) is 2. The van der Waals surface area contributed by atoms with E-state index in [1.54, 1.807) is 32.6 Å². The minimum absolute atomic E-state index is 0.223. The summed E-state index contributed by atoms with van der Waals surface area (Å²) in [6, 6.07) is -0.519. The minimum atomic E-state index is -0.956. The molecule has 8 nitrogen and oxygen atoms in total. The molecule has 2 aliphatic rings. The molecule has 0 aliphatic carbocycles. The second kappa shape index (κ2) is 6.09. The van der Waals surface area contributed by atoms with Crippen LogP contribution in [-0.4, -0.2) is 88.1 Å². The van der Waals surface area contributed by atoms with Crippen LogP contribution in [0.1, 0.15) is 27.7 Å². The highest BCUT2D eigenvalue weighted by Gasteiger charge is 2.45. The van der Waals surface area contributed by atoms with E-state index >= 15 is 0 Å². The molecule has 0 bridgehead atoms. The van der Waals surface area contributed by atoms with Crippen LogP contribution in [0, 0.1) is 0 Å². The fraction of sp³-hybridized carbons (Fsp3) is 0.800. The first-order chi connectivity index (χ1) is 10.5. The number of rotatable bonds is 4. The van der Waals surface area contributed by atoms with Gasteiger partial charge in [0.15, 0.2) is 0 Å². The Balaban J connectivity index is 1.86. The molecule has 0 atom stereocenters. The van der Waals surface area contributed by atoms with Crippen LogP contribution in [0.3, 0.4) is 0 Å². The lowest BCUT2D eigenvalue weighted by Gasteiger charge is -2.37. The Morgan fingerprint density at radius 2 is 1.78 bits per heavy atom. The summed E-state index contributed by atoms with van der Waals surface area (Å²) in [5.41, 5.74) is -1.72. The monoisotopic (exact) mass is 326 g/mol. The number of imide groups is 1. The second-order valence-electron chi connectivity index (χ2n) is 7.42. The zero-order chi connectivity index (χ0) is 17.4. The molecule has 0 aromatic carbocycles. The molecule has 0 radical (unpaired) electrons. The number of nitrogens with one attached hydrogen (secondary N) is 1. The molecule has 2 fully saturated rings. The quantitative estimate of drug-likeness (QED) is 0.662. The maximum atomic E-state index is 12.3. The van der Waals surface area contributed by atoms with Crippen LogP contribution >= 0.6 is 0 Å². The van der Waals surface area contributed by atoms with Gasteiger partial charge in [0.05, 0.1) is 5.60 Å². The van der Waals surface area contributed by atoms with E-state index in [1.807, 2.05) is 0 Å². The van der Waals surface area contributed by atoms with Gasteiger partial charge in [0, 0.05) is 32.7 Å². The van der Waals surface area contributed by atoms with Crippen LogP contribution in [0.4, 0.5) is 4.79 Å². The summed E-state index contributed by atoms with van der Waals surface area (Å²) < 4.78 is 0. The van der Waals surface area contributed by atoms with E-state index in [4.69, 9.17) is 0 Å². The number of piperazine rings is 1. The number of carbonyl (C=O) groups is 3. The van der Waals surface area contributed by atoms with Gasteiger partial charge in [0.2, 0.25) is 5.91 Å². The normalized spacial score (nSPS) is 22.5. The molecular weight excluding hydrogens is 300 g/mol. The predicted molar refractivity (Wildman–Crippen MR) is 83.6 cm³/mol. The van der Waals surface area contributed by atoms with Crippen LogP contribution in [0.15, 0.2) is 0 Å². The maximum Gasteiger partial charge on any atom is 0.325 e. The first-order valence-electron chi connectivity index (χ1n) is 7.86. The second-order valence-corrected chi connectivity index (χ2v) is 7.42. The summed E-state index contributed by atoms with van der Waals surface area (Å²) in [6.45, 7) is 9.47. The number of urea groups is 1. The zero-order valence-electron chi connectivity index (χ0n) is 14.3. The van der Waals surface area contributed by atoms with Crippen molar-refractivity contribution >= 4 is 17.8 Å². The van der Waals surface area contributed by atoms with Gasteiger partial charge in [-0.3, -0.25) is 19.4 Å². The van der Waals surface area contributed by atoms with Crippen molar-refractivity contribution in [1.29, 1.82) is 0 Å². The molecule has 0 aromatic rings. The predicted octanol–water partition coefficient (Wildman–Crippen LogP) is -0.768. The third-order valence-corrected chi connectivity index (χ3v) is 4.07. The molecule has 2 aliphatic heterocycles. The maximum absolute atomic E-state index is 12.3. The Labute approximate surface area is 136 Å². The lowest BCUT2D eigenvalue weighted by Crippen LogP contribution is -2.54. The highest BCUT2D eigenvalue weighted by Crippen LogP contribution is 2.17. The van der Waals surface area contributed by atoms with Gasteiger partial charge in [-0.1, -0.05) is 0 Å². The minimum Gasteiger partial charge on any atom is -0.389 e. The largest absolute Gasteiger partial charge is 0.389 e. The van der Waals surface area contributed by atoms with Crippen molar-refractivity contribution < 1.29 is 19.5 Å². The molecule has 8 heteroatoms. The molecule has 2 heterocycles. The van der Waals surface area contributed by atoms with Crippen LogP contribution in [0.5, 0.6) is 0 Å². The van der Waals surface area contributed by atoms with E-state index in [0.717, 1.165) is 4.90 Å². The summed E-state index contributed by atoms with van der Waals surface area (Å²) in [5.74, 6) is -0.606. The average Bonchev–Trinajstić information content (AvgIpc) is 2.60. The van der Waals surface area contributed by atoms with E-state index in [9.17, 15) is 19.5 Å². The van der Waals surface area contributed by atoms with Gasteiger partial charge in [0.25, 0.3) is 5.91 Å². The third kappa shape index (κ3) is 4.20. The van der Waals surface area contributed by atoms with E-state index < -0.39 is 17.2 Å². The molecule has 4 amide bonds. The first-order valence-corrected chi connectivity index (χ1v) is 7.86. The molecule has 130 valence electrons. The molecule has 2 N–H and O–H groups in total. The Bertz CT molecular complexity index is 504. The molecule has 0 aromatic heterocycles. The van der Waals surface area contributed by atoms with Crippen LogP contribution in [0.2, 0.25) is 0 Å². The fourth-order valence-electron chi connectivity index (χ4n) is 2.90. The van der Waals surface area contributed by atoms with Crippen molar-refractivity contribution in [1.82, 2.24) is 20.0 Å². The summed E-state index contributed by atoms with van der Waals surface area (Å²) in [5, 5.41) is 12.4. The lowest BCUT2D eigenvalue weighted by molar-refractivity contribution is -0.139. The SMILES string of the molecule is CC(C)(O)CN1CCN(C(=O)CN2C(=O)NC(C)(C)C2=O)CC1. The number of β-amino-alcohol motifs (C(OH)–C–C–N with tert-alkyl or cyclic N) is 1. The van der Waals surface area contributed by atoms with Gasteiger partial charge in [-0.2, -0.15) is 0 Å². The van der Waals surface area contributed by atoms with Gasteiger partial charge >= 0.3 is 6.03 Å². The van der Waals surface area contributed by atoms with Crippen molar-refractivity contribution in [2.75, 3.05) is 39.3 Å². The number of carbonyl (C=O) groups excluding carboxylic acids is 3. The first kappa shape index (κ1) is 17.7. The molecule has 0 unspecified atom stereocenters. The van der Waals surface area contributed by atoms with Crippen molar-refractivity contribution in [2.24, 2.45) is 0 Å². The van der Waals surface area contributed by atoms with Crippen molar-refractivity contribution in [3.05, 3.63) is 0 Å². The summed E-state index contributed by atoms with van der Waals surface area (Å²) in [7, 11) is 0. The molecule has 0 saturated carbocycles. The van der Waals surface area contributed by atoms with E-state index in [1.165, 1.54) is 0 Å². The number of hydrogen-bond acceptors (Lipinski definition) is 5. The zero-order valence-corrected chi connectivity index (χ0v) is 14.3. The van der Waals surface area contributed by atoms with Crippen LogP contribution < -0.4 is 5.32 Å². The fourth-order valence-corrected chi connectivity index (χ4v) is 2.90. The third-order valence-electron chi connectivity index (χ3n) is 4.07. The number of nitrogens with zero attached hydrogens (tertiary/aromatic N) is 3. The van der Waals surface area contributed by atoms with Gasteiger partial charge in [-0.05, 0) is 27.7 Å². The van der Waals surface area contributed by atoms with Crippen molar-refractivity contribution in [3.63, 3.8) is 0 Å².